The highest BCUT2D eigenvalue weighted by Gasteiger charge is 2.34. The van der Waals surface area contributed by atoms with Crippen LogP contribution in [0, 0.1) is 23.7 Å². The Bertz CT molecular complexity index is 460. The summed E-state index contributed by atoms with van der Waals surface area (Å²) in [7, 11) is 0. The third-order valence-electron chi connectivity index (χ3n) is 6.62. The van der Waals surface area contributed by atoms with Crippen molar-refractivity contribution in [2.45, 2.75) is 124 Å². The van der Waals surface area contributed by atoms with Crippen LogP contribution >= 0.6 is 0 Å². The van der Waals surface area contributed by atoms with Crippen LogP contribution in [-0.4, -0.2) is 23.1 Å². The Morgan fingerprint density at radius 2 is 1.59 bits per heavy atom. The number of ether oxygens (including phenoxy) is 1. The number of carbonyl (C=O) groups excluding carboxylic acids is 1. The molecule has 1 aliphatic carbocycles. The molecule has 4 atom stereocenters. The molecule has 1 N–H and O–H groups in total. The van der Waals surface area contributed by atoms with Crippen LogP contribution in [-0.2, 0) is 14.3 Å². The lowest BCUT2D eigenvalue weighted by Crippen LogP contribution is -2.33. The first-order valence-electron chi connectivity index (χ1n) is 12.3. The van der Waals surface area contributed by atoms with Gasteiger partial charge in [-0.25, -0.2) is 0 Å². The number of carboxylic acid groups (broad SMARTS) is 1. The molecule has 0 saturated heterocycles. The maximum atomic E-state index is 12.9. The van der Waals surface area contributed by atoms with E-state index in [2.05, 4.69) is 27.7 Å². The normalized spacial score (nSPS) is 21.7. The first kappa shape index (κ1) is 26.0. The van der Waals surface area contributed by atoms with Gasteiger partial charge in [0.2, 0.25) is 0 Å². The van der Waals surface area contributed by atoms with Crippen LogP contribution in [0.15, 0.2) is 0 Å². The largest absolute Gasteiger partial charge is 0.481 e. The summed E-state index contributed by atoms with van der Waals surface area (Å²) in [6.07, 6.45) is 14.3. The molecule has 0 aromatic rings. The number of carboxylic acids is 1. The summed E-state index contributed by atoms with van der Waals surface area (Å²) >= 11 is 0. The van der Waals surface area contributed by atoms with Crippen molar-refractivity contribution in [2.24, 2.45) is 23.7 Å². The lowest BCUT2D eigenvalue weighted by Gasteiger charge is -2.30. The number of carbonyl (C=O) groups is 2. The maximum absolute atomic E-state index is 12.9. The summed E-state index contributed by atoms with van der Waals surface area (Å²) < 4.78 is 6.08. The third-order valence-corrected chi connectivity index (χ3v) is 6.62. The molecule has 0 aromatic carbocycles. The van der Waals surface area contributed by atoms with Crippen LogP contribution < -0.4 is 0 Å². The fraction of sp³-hybridized carbons (Fsp3) is 0.920. The van der Waals surface area contributed by atoms with Crippen molar-refractivity contribution in [3.8, 4) is 0 Å². The smallest absolute Gasteiger partial charge is 0.309 e. The molecule has 1 fully saturated rings. The van der Waals surface area contributed by atoms with Crippen LogP contribution in [0.25, 0.3) is 0 Å². The SMILES string of the molecule is CCCCC(CC)C(CCCCCCC(C)C)OC(=O)C1CCCC(C(=O)O)C1. The Morgan fingerprint density at radius 3 is 2.17 bits per heavy atom. The fourth-order valence-electron chi connectivity index (χ4n) is 4.64. The summed E-state index contributed by atoms with van der Waals surface area (Å²) in [5.41, 5.74) is 0. The molecule has 1 rings (SSSR count). The molecule has 0 radical (unpaired) electrons. The predicted molar refractivity (Wildman–Crippen MR) is 119 cm³/mol. The van der Waals surface area contributed by atoms with E-state index in [1.807, 2.05) is 0 Å². The van der Waals surface area contributed by atoms with E-state index in [0.717, 1.165) is 50.9 Å². The second-order valence-corrected chi connectivity index (χ2v) is 9.57. The van der Waals surface area contributed by atoms with Crippen molar-refractivity contribution in [3.63, 3.8) is 0 Å². The summed E-state index contributed by atoms with van der Waals surface area (Å²) in [5.74, 6) is -0.337. The molecular weight excluding hydrogens is 364 g/mol. The number of unbranched alkanes of at least 4 members (excludes halogenated alkanes) is 4. The van der Waals surface area contributed by atoms with Crippen LogP contribution in [0.1, 0.15) is 118 Å². The number of esters is 1. The number of hydrogen-bond acceptors (Lipinski definition) is 3. The molecule has 1 aliphatic rings. The second kappa shape index (κ2) is 14.8. The van der Waals surface area contributed by atoms with E-state index in [-0.39, 0.29) is 23.9 Å². The van der Waals surface area contributed by atoms with Gasteiger partial charge in [-0.3, -0.25) is 9.59 Å². The average Bonchev–Trinajstić information content (AvgIpc) is 2.70. The molecule has 0 heterocycles. The minimum absolute atomic E-state index is 0.00523. The Labute approximate surface area is 179 Å². The molecule has 4 unspecified atom stereocenters. The van der Waals surface area contributed by atoms with Crippen LogP contribution in [0.5, 0.6) is 0 Å². The topological polar surface area (TPSA) is 63.6 Å². The first-order chi connectivity index (χ1) is 13.9. The van der Waals surface area contributed by atoms with Gasteiger partial charge >= 0.3 is 11.9 Å². The van der Waals surface area contributed by atoms with Crippen LogP contribution in [0.4, 0.5) is 0 Å². The Hall–Kier alpha value is -1.06. The average molecular weight is 411 g/mol. The first-order valence-corrected chi connectivity index (χ1v) is 12.3. The van der Waals surface area contributed by atoms with E-state index in [9.17, 15) is 14.7 Å². The van der Waals surface area contributed by atoms with Gasteiger partial charge in [-0.2, -0.15) is 0 Å². The number of rotatable bonds is 15. The molecule has 0 bridgehead atoms. The lowest BCUT2D eigenvalue weighted by atomic mass is 9.81. The number of aliphatic carboxylic acids is 1. The molecule has 0 amide bonds. The molecule has 4 nitrogen and oxygen atoms in total. The highest BCUT2D eigenvalue weighted by Crippen LogP contribution is 2.32. The monoisotopic (exact) mass is 410 g/mol. The van der Waals surface area contributed by atoms with Gasteiger partial charge in [-0.1, -0.05) is 72.6 Å². The molecule has 29 heavy (non-hydrogen) atoms. The van der Waals surface area contributed by atoms with E-state index in [4.69, 9.17) is 4.74 Å². The quantitative estimate of drug-likeness (QED) is 0.233. The van der Waals surface area contributed by atoms with Gasteiger partial charge in [-0.05, 0) is 56.8 Å². The molecule has 0 spiro atoms. The van der Waals surface area contributed by atoms with Gasteiger partial charge in [0, 0.05) is 0 Å². The van der Waals surface area contributed by atoms with Crippen LogP contribution in [0.2, 0.25) is 0 Å². The standard InChI is InChI=1S/C25H46O4/c1-5-7-14-20(6-2)23(17-11-9-8-10-13-19(3)4)29-25(28)22-16-12-15-21(18-22)24(26)27/h19-23H,5-18H2,1-4H3,(H,26,27). The highest BCUT2D eigenvalue weighted by atomic mass is 16.5. The molecule has 0 aromatic heterocycles. The third kappa shape index (κ3) is 10.5. The summed E-state index contributed by atoms with van der Waals surface area (Å²) in [6.45, 7) is 8.95. The van der Waals surface area contributed by atoms with Crippen molar-refractivity contribution in [1.29, 1.82) is 0 Å². The minimum Gasteiger partial charge on any atom is -0.481 e. The van der Waals surface area contributed by atoms with E-state index in [1.54, 1.807) is 0 Å². The number of hydrogen-bond donors (Lipinski definition) is 1. The molecule has 0 aliphatic heterocycles. The van der Waals surface area contributed by atoms with Gasteiger partial charge in [0.1, 0.15) is 6.10 Å². The lowest BCUT2D eigenvalue weighted by molar-refractivity contribution is -0.160. The van der Waals surface area contributed by atoms with Gasteiger partial charge in [-0.15, -0.1) is 0 Å². The van der Waals surface area contributed by atoms with E-state index in [1.165, 1.54) is 32.1 Å². The molecule has 170 valence electrons. The van der Waals surface area contributed by atoms with Crippen molar-refractivity contribution >= 4 is 11.9 Å². The molecule has 1 saturated carbocycles. The van der Waals surface area contributed by atoms with Gasteiger partial charge in [0.05, 0.1) is 11.8 Å². The molecule has 4 heteroatoms. The van der Waals surface area contributed by atoms with E-state index in [0.29, 0.717) is 18.8 Å². The maximum Gasteiger partial charge on any atom is 0.309 e. The van der Waals surface area contributed by atoms with E-state index < -0.39 is 5.97 Å². The van der Waals surface area contributed by atoms with E-state index >= 15 is 0 Å². The zero-order chi connectivity index (χ0) is 21.6. The zero-order valence-electron chi connectivity index (χ0n) is 19.5. The molecular formula is C25H46O4. The van der Waals surface area contributed by atoms with Crippen molar-refractivity contribution in [2.75, 3.05) is 0 Å². The summed E-state index contributed by atoms with van der Waals surface area (Å²) in [6, 6.07) is 0. The Kier molecular flexibility index (Phi) is 13.3. The zero-order valence-corrected chi connectivity index (χ0v) is 19.5. The second-order valence-electron chi connectivity index (χ2n) is 9.57. The Morgan fingerprint density at radius 1 is 0.931 bits per heavy atom. The minimum atomic E-state index is -0.769. The van der Waals surface area contributed by atoms with Crippen molar-refractivity contribution in [3.05, 3.63) is 0 Å². The van der Waals surface area contributed by atoms with Gasteiger partial charge in [0.25, 0.3) is 0 Å². The summed E-state index contributed by atoms with van der Waals surface area (Å²) in [4.78, 5) is 24.2. The fourth-order valence-corrected chi connectivity index (χ4v) is 4.64. The van der Waals surface area contributed by atoms with Gasteiger partial charge < -0.3 is 9.84 Å². The summed E-state index contributed by atoms with van der Waals surface area (Å²) in [5, 5.41) is 9.31. The Balaban J connectivity index is 2.59. The van der Waals surface area contributed by atoms with Crippen molar-refractivity contribution in [1.82, 2.24) is 0 Å². The predicted octanol–water partition coefficient (Wildman–Crippen LogP) is 7.00. The van der Waals surface area contributed by atoms with Crippen molar-refractivity contribution < 1.29 is 19.4 Å². The van der Waals surface area contributed by atoms with Crippen LogP contribution in [0.3, 0.4) is 0 Å². The van der Waals surface area contributed by atoms with Gasteiger partial charge in [0.15, 0.2) is 0 Å². The highest BCUT2D eigenvalue weighted by molar-refractivity contribution is 5.75.